The average molecular weight is 1110 g/mol. The molecular weight excluding hydrogens is 1040 g/mol. The molecule has 0 radical (unpaired) electrons. The van der Waals surface area contributed by atoms with Crippen LogP contribution in [0.1, 0.15) is 79.0 Å². The number of fused-ring (bicyclic) bond motifs is 21. The number of nitrogens with zero attached hydrogens (tertiary/aromatic N) is 4. The summed E-state index contributed by atoms with van der Waals surface area (Å²) in [5.74, 6) is 0. The maximum atomic E-state index is 2.68. The van der Waals surface area contributed by atoms with Crippen molar-refractivity contribution in [2.45, 2.75) is 78.6 Å². The Labute approximate surface area is 499 Å². The quantitative estimate of drug-likeness (QED) is 0.167. The summed E-state index contributed by atoms with van der Waals surface area (Å²) in [5.41, 5.74) is 23.4. The summed E-state index contributed by atoms with van der Waals surface area (Å²) in [6.45, 7) is 21.3. The first-order valence-electron chi connectivity index (χ1n) is 30.7. The van der Waals surface area contributed by atoms with Gasteiger partial charge in [0, 0.05) is 87.1 Å². The van der Waals surface area contributed by atoms with E-state index in [-0.39, 0.29) is 16.2 Å². The second-order valence-corrected chi connectivity index (χ2v) is 27.7. The maximum absolute atomic E-state index is 2.68. The fourth-order valence-electron chi connectivity index (χ4n) is 15.4. The van der Waals surface area contributed by atoms with Gasteiger partial charge in [0.25, 0.3) is 0 Å². The molecule has 18 rings (SSSR count). The molecule has 6 heterocycles. The molecule has 4 heteroatoms. The minimum absolute atomic E-state index is 0.104. The highest BCUT2D eigenvalue weighted by Gasteiger charge is 2.32. The Bertz CT molecular complexity index is 5920. The molecule has 0 spiro atoms. The highest BCUT2D eigenvalue weighted by Crippen LogP contribution is 2.53. The third kappa shape index (κ3) is 6.65. The van der Waals surface area contributed by atoms with Crippen molar-refractivity contribution in [1.82, 2.24) is 17.9 Å². The van der Waals surface area contributed by atoms with Crippen LogP contribution in [0.15, 0.2) is 224 Å². The van der Waals surface area contributed by atoms with E-state index in [9.17, 15) is 0 Å². The highest BCUT2D eigenvalue weighted by molar-refractivity contribution is 6.40. The van der Waals surface area contributed by atoms with Gasteiger partial charge in [-0.05, 0) is 170 Å². The van der Waals surface area contributed by atoms with Crippen LogP contribution < -0.4 is 0 Å². The molecule has 0 aliphatic rings. The van der Waals surface area contributed by atoms with Crippen molar-refractivity contribution in [3.63, 3.8) is 0 Å². The first-order valence-corrected chi connectivity index (χ1v) is 30.7. The zero-order chi connectivity index (χ0) is 58.0. The van der Waals surface area contributed by atoms with E-state index in [0.29, 0.717) is 0 Å². The van der Waals surface area contributed by atoms with Crippen LogP contribution in [-0.2, 0) is 16.2 Å². The fourth-order valence-corrected chi connectivity index (χ4v) is 15.4. The van der Waals surface area contributed by atoms with Gasteiger partial charge in [-0.15, -0.1) is 0 Å². The van der Waals surface area contributed by atoms with Crippen molar-refractivity contribution in [3.8, 4) is 33.6 Å². The summed E-state index contributed by atoms with van der Waals surface area (Å²) in [6.07, 6.45) is 0. The van der Waals surface area contributed by atoms with E-state index in [1.54, 1.807) is 0 Å². The first-order chi connectivity index (χ1) is 41.6. The molecule has 0 atom stereocenters. The van der Waals surface area contributed by atoms with Crippen LogP contribution >= 0.6 is 0 Å². The molecule has 0 bridgehead atoms. The van der Waals surface area contributed by atoms with E-state index in [1.807, 2.05) is 0 Å². The van der Waals surface area contributed by atoms with Gasteiger partial charge in [-0.25, -0.2) is 0 Å². The lowest BCUT2D eigenvalue weighted by molar-refractivity contribution is 0.591. The number of para-hydroxylation sites is 4. The van der Waals surface area contributed by atoms with Crippen molar-refractivity contribution in [3.05, 3.63) is 241 Å². The largest absolute Gasteiger partial charge is 0.309 e. The molecule has 0 N–H and O–H groups in total. The summed E-state index contributed by atoms with van der Waals surface area (Å²) in [7, 11) is 0. The van der Waals surface area contributed by atoms with Gasteiger partial charge in [0.05, 0.1) is 55.2 Å². The number of rotatable bonds is 4. The van der Waals surface area contributed by atoms with Crippen molar-refractivity contribution in [1.29, 1.82) is 0 Å². The van der Waals surface area contributed by atoms with Gasteiger partial charge in [-0.1, -0.05) is 172 Å². The van der Waals surface area contributed by atoms with Crippen molar-refractivity contribution in [2.24, 2.45) is 0 Å². The van der Waals surface area contributed by atoms with Gasteiger partial charge in [0.1, 0.15) is 0 Å². The molecule has 6 aromatic heterocycles. The molecule has 0 unspecified atom stereocenters. The molecule has 0 aliphatic heterocycles. The lowest BCUT2D eigenvalue weighted by Gasteiger charge is -2.22. The number of hydrogen-bond acceptors (Lipinski definition) is 0. The Hall–Kier alpha value is -9.90. The summed E-state index contributed by atoms with van der Waals surface area (Å²) < 4.78 is 10.2. The van der Waals surface area contributed by atoms with Gasteiger partial charge < -0.3 is 17.9 Å². The summed E-state index contributed by atoms with van der Waals surface area (Å²) in [5, 5.41) is 18.0. The summed E-state index contributed by atoms with van der Waals surface area (Å²) in [6, 6.07) is 85.8. The van der Waals surface area contributed by atoms with Crippen LogP contribution in [-0.4, -0.2) is 17.9 Å². The van der Waals surface area contributed by atoms with Gasteiger partial charge in [-0.3, -0.25) is 0 Å². The fraction of sp³-hybridized carbons (Fsp3) is 0.146. The predicted octanol–water partition coefficient (Wildman–Crippen LogP) is 22.6. The normalized spacial score (nSPS) is 13.2. The van der Waals surface area contributed by atoms with Crippen LogP contribution in [0.5, 0.6) is 0 Å². The van der Waals surface area contributed by atoms with Crippen molar-refractivity contribution < 1.29 is 0 Å². The molecule has 0 fully saturated rings. The molecule has 0 saturated heterocycles. The van der Waals surface area contributed by atoms with Crippen molar-refractivity contribution in [2.75, 3.05) is 0 Å². The van der Waals surface area contributed by atoms with E-state index >= 15 is 0 Å². The molecule has 18 aromatic rings. The van der Waals surface area contributed by atoms with Gasteiger partial charge in [0.2, 0.25) is 0 Å². The van der Waals surface area contributed by atoms with Gasteiger partial charge >= 0.3 is 0 Å². The van der Waals surface area contributed by atoms with E-state index in [0.717, 1.165) is 0 Å². The van der Waals surface area contributed by atoms with Crippen LogP contribution in [0.25, 0.3) is 164 Å². The Balaban J connectivity index is 0.993. The molecule has 12 aromatic carbocycles. The zero-order valence-corrected chi connectivity index (χ0v) is 50.2. The monoisotopic (exact) mass is 1100 g/mol. The SMILES string of the molecule is CC(C)(C)c1cc(-c2ccc3c(c2)c2ccccc2n3-c2ccccc2)c2c(c1)c1cc(C(C)(C)C)cc3c4c5c6c7ccccc7cc7c8cc(C(C)(C)C)cc(-c9ccc%10c(c9)c9ccccc9n%10-c9ccccc9)c8n(c5ccc4n2c13)c76. The van der Waals surface area contributed by atoms with Gasteiger partial charge in [0.15, 0.2) is 0 Å². The van der Waals surface area contributed by atoms with Crippen LogP contribution in [0, 0.1) is 0 Å². The van der Waals surface area contributed by atoms with Crippen molar-refractivity contribution >= 4 is 131 Å². The minimum atomic E-state index is -0.120. The third-order valence-electron chi connectivity index (χ3n) is 19.6. The Morgan fingerprint density at radius 1 is 0.244 bits per heavy atom. The number of benzene rings is 12. The predicted molar refractivity (Wildman–Crippen MR) is 369 cm³/mol. The molecule has 86 heavy (non-hydrogen) atoms. The topological polar surface area (TPSA) is 18.7 Å². The van der Waals surface area contributed by atoms with Gasteiger partial charge in [-0.2, -0.15) is 0 Å². The molecular formula is C82H64N4. The summed E-state index contributed by atoms with van der Waals surface area (Å²) in [4.78, 5) is 0. The Morgan fingerprint density at radius 3 is 1.14 bits per heavy atom. The van der Waals surface area contributed by atoms with Crippen LogP contribution in [0.4, 0.5) is 0 Å². The lowest BCUT2D eigenvalue weighted by atomic mass is 9.82. The molecule has 412 valence electrons. The molecule has 0 aliphatic carbocycles. The summed E-state index contributed by atoms with van der Waals surface area (Å²) >= 11 is 0. The smallest absolute Gasteiger partial charge is 0.0627 e. The van der Waals surface area contributed by atoms with E-state index in [4.69, 9.17) is 0 Å². The van der Waals surface area contributed by atoms with E-state index in [2.05, 4.69) is 305 Å². The molecule has 0 saturated carbocycles. The van der Waals surface area contributed by atoms with E-state index < -0.39 is 0 Å². The second kappa shape index (κ2) is 16.9. The standard InChI is InChI=1S/C82H64N4/c1-80(2,3)50-42-59(49-33-35-70-61(39-49)57-29-19-21-31-68(57)84(70)54-25-14-11-15-26-54)77-63(43-50)62-40-47-22-16-17-27-55(47)74-75-72(86(77)79(62)74)37-36-71-73(75)66-46-52(82(7,8)9)45-65-64-44-51(81(4,5)6)41-58(76(64)85(71)78(65)66)48-32-34-69-60(38-48)56-28-18-20-30-67(56)83(69)53-23-12-10-13-24-53/h10-46H,1-9H3. The third-order valence-corrected chi connectivity index (χ3v) is 19.6. The first kappa shape index (κ1) is 49.5. The number of aromatic nitrogens is 4. The Kier molecular flexibility index (Phi) is 9.74. The lowest BCUT2D eigenvalue weighted by Crippen LogP contribution is -2.11. The molecule has 4 nitrogen and oxygen atoms in total. The second-order valence-electron chi connectivity index (χ2n) is 27.7. The average Bonchev–Trinajstić information content (AvgIpc) is 1.50. The highest BCUT2D eigenvalue weighted by atomic mass is 15.0. The van der Waals surface area contributed by atoms with Crippen LogP contribution in [0.2, 0.25) is 0 Å². The van der Waals surface area contributed by atoms with E-state index in [1.165, 1.54) is 181 Å². The molecule has 0 amide bonds. The maximum Gasteiger partial charge on any atom is 0.0627 e. The Morgan fingerprint density at radius 2 is 0.628 bits per heavy atom. The van der Waals surface area contributed by atoms with Crippen LogP contribution in [0.3, 0.4) is 0 Å². The zero-order valence-electron chi connectivity index (χ0n) is 50.2. The minimum Gasteiger partial charge on any atom is -0.309 e. The number of hydrogen-bond donors (Lipinski definition) is 0.